The lowest BCUT2D eigenvalue weighted by Gasteiger charge is -2.24. The number of nitrogens with zero attached hydrogens (tertiary/aromatic N) is 1. The topological polar surface area (TPSA) is 66.5 Å². The summed E-state index contributed by atoms with van der Waals surface area (Å²) >= 11 is 17.7. The van der Waals surface area contributed by atoms with Gasteiger partial charge in [-0.1, -0.05) is 52.5 Å². The third-order valence-corrected chi connectivity index (χ3v) is 7.14. The van der Waals surface area contributed by atoms with Crippen molar-refractivity contribution in [1.29, 1.82) is 0 Å². The second-order valence-electron chi connectivity index (χ2n) is 7.19. The molecule has 0 saturated carbocycles. The van der Waals surface area contributed by atoms with Crippen molar-refractivity contribution in [2.75, 3.05) is 16.2 Å². The molecule has 0 aliphatic rings. The lowest BCUT2D eigenvalue weighted by Crippen LogP contribution is -2.38. The third kappa shape index (κ3) is 6.15. The molecule has 0 heterocycles. The number of hydrogen-bond donors (Lipinski definition) is 1. The van der Waals surface area contributed by atoms with E-state index in [0.717, 1.165) is 15.9 Å². The summed E-state index contributed by atoms with van der Waals surface area (Å²) in [5.74, 6) is -0.901. The van der Waals surface area contributed by atoms with Gasteiger partial charge in [-0.3, -0.25) is 9.10 Å². The number of carbonyl (C=O) groups is 1. The zero-order valence-corrected chi connectivity index (χ0v) is 20.4. The molecule has 180 valence electrons. The molecular formula is C22H16Cl3F3N2O3S. The van der Waals surface area contributed by atoms with Crippen LogP contribution in [0.15, 0.2) is 65.6 Å². The number of anilines is 2. The molecule has 1 N–H and O–H groups in total. The first-order valence-corrected chi connectivity index (χ1v) is 12.1. The Hall–Kier alpha value is -2.46. The molecule has 12 heteroatoms. The average Bonchev–Trinajstić information content (AvgIpc) is 2.72. The highest BCUT2D eigenvalue weighted by Crippen LogP contribution is 2.36. The zero-order valence-electron chi connectivity index (χ0n) is 17.3. The van der Waals surface area contributed by atoms with Crippen LogP contribution in [-0.4, -0.2) is 20.9 Å². The quantitative estimate of drug-likeness (QED) is 0.366. The molecule has 34 heavy (non-hydrogen) atoms. The zero-order chi connectivity index (χ0) is 25.3. The van der Waals surface area contributed by atoms with Crippen LogP contribution >= 0.6 is 34.8 Å². The van der Waals surface area contributed by atoms with Crippen LogP contribution in [0.1, 0.15) is 11.1 Å². The van der Waals surface area contributed by atoms with E-state index in [1.807, 2.05) is 0 Å². The van der Waals surface area contributed by atoms with Gasteiger partial charge in [-0.2, -0.15) is 13.2 Å². The summed E-state index contributed by atoms with van der Waals surface area (Å²) in [7, 11) is -4.28. The summed E-state index contributed by atoms with van der Waals surface area (Å²) in [5, 5.41) is 1.98. The molecule has 1 amide bonds. The van der Waals surface area contributed by atoms with E-state index in [0.29, 0.717) is 6.07 Å². The predicted molar refractivity (Wildman–Crippen MR) is 127 cm³/mol. The standard InChI is InChI=1S/C22H16Cl3F3N2O3S/c1-13-2-5-18(6-3-13)34(32,33)30(17-9-14(23)8-15(24)10-17)12-21(31)29-16-4-7-20(25)19(11-16)22(26,27)28/h2-11H,12H2,1H3,(H,29,31). The highest BCUT2D eigenvalue weighted by molar-refractivity contribution is 7.92. The van der Waals surface area contributed by atoms with Gasteiger partial charge in [-0.25, -0.2) is 8.42 Å². The van der Waals surface area contributed by atoms with Crippen LogP contribution in [-0.2, 0) is 21.0 Å². The minimum atomic E-state index is -4.74. The van der Waals surface area contributed by atoms with E-state index in [4.69, 9.17) is 34.8 Å². The van der Waals surface area contributed by atoms with E-state index in [-0.39, 0.29) is 26.3 Å². The van der Waals surface area contributed by atoms with Crippen molar-refractivity contribution in [3.8, 4) is 0 Å². The van der Waals surface area contributed by atoms with Crippen LogP contribution in [0, 0.1) is 6.92 Å². The van der Waals surface area contributed by atoms with Gasteiger partial charge >= 0.3 is 6.18 Å². The lowest BCUT2D eigenvalue weighted by molar-refractivity contribution is -0.137. The van der Waals surface area contributed by atoms with Gasteiger partial charge in [0.1, 0.15) is 6.54 Å². The number of amides is 1. The molecule has 0 bridgehead atoms. The molecule has 3 aromatic carbocycles. The second kappa shape index (κ2) is 10.0. The fourth-order valence-electron chi connectivity index (χ4n) is 2.99. The first-order chi connectivity index (χ1) is 15.8. The molecule has 0 radical (unpaired) electrons. The van der Waals surface area contributed by atoms with Gasteiger partial charge in [0.25, 0.3) is 10.0 Å². The molecule has 0 aliphatic carbocycles. The number of alkyl halides is 3. The Morgan fingerprint density at radius 1 is 0.941 bits per heavy atom. The summed E-state index contributed by atoms with van der Waals surface area (Å²) in [5.41, 5.74) is -0.533. The van der Waals surface area contributed by atoms with Crippen LogP contribution in [0.5, 0.6) is 0 Å². The largest absolute Gasteiger partial charge is 0.417 e. The van der Waals surface area contributed by atoms with Gasteiger partial charge < -0.3 is 5.32 Å². The highest BCUT2D eigenvalue weighted by atomic mass is 35.5. The van der Waals surface area contributed by atoms with Gasteiger partial charge in [-0.05, 0) is 55.5 Å². The van der Waals surface area contributed by atoms with Crippen LogP contribution < -0.4 is 9.62 Å². The Bertz CT molecular complexity index is 1310. The van der Waals surface area contributed by atoms with Gasteiger partial charge in [0.2, 0.25) is 5.91 Å². The van der Waals surface area contributed by atoms with Crippen molar-refractivity contribution in [2.45, 2.75) is 18.0 Å². The van der Waals surface area contributed by atoms with Gasteiger partial charge in [0.05, 0.1) is 21.2 Å². The molecule has 3 aromatic rings. The van der Waals surface area contributed by atoms with E-state index in [1.165, 1.54) is 36.4 Å². The number of sulfonamides is 1. The minimum absolute atomic E-state index is 0.000289. The maximum atomic E-state index is 13.4. The number of carbonyl (C=O) groups excluding carboxylic acids is 1. The number of rotatable bonds is 6. The number of hydrogen-bond acceptors (Lipinski definition) is 3. The van der Waals surface area contributed by atoms with E-state index < -0.39 is 39.2 Å². The van der Waals surface area contributed by atoms with Crippen molar-refractivity contribution in [3.05, 3.63) is 86.9 Å². The Balaban J connectivity index is 1.98. The minimum Gasteiger partial charge on any atom is -0.324 e. The number of nitrogens with one attached hydrogen (secondary N) is 1. The Labute approximate surface area is 209 Å². The molecule has 0 unspecified atom stereocenters. The van der Waals surface area contributed by atoms with E-state index in [1.54, 1.807) is 19.1 Å². The molecule has 0 saturated heterocycles. The molecule has 5 nitrogen and oxygen atoms in total. The fourth-order valence-corrected chi connectivity index (χ4v) is 5.13. The molecule has 0 atom stereocenters. The first kappa shape index (κ1) is 26.2. The number of aryl methyl sites for hydroxylation is 1. The summed E-state index contributed by atoms with van der Waals surface area (Å²) < 4.78 is 66.9. The molecular weight excluding hydrogens is 536 g/mol. The van der Waals surface area contributed by atoms with Crippen LogP contribution in [0.3, 0.4) is 0 Å². The van der Waals surface area contributed by atoms with Crippen LogP contribution in [0.4, 0.5) is 24.5 Å². The Morgan fingerprint density at radius 2 is 1.53 bits per heavy atom. The predicted octanol–water partition coefficient (Wildman–Crippen LogP) is 6.81. The van der Waals surface area contributed by atoms with Crippen molar-refractivity contribution >= 4 is 62.1 Å². The second-order valence-corrected chi connectivity index (χ2v) is 10.3. The Kier molecular flexibility index (Phi) is 7.72. The highest BCUT2D eigenvalue weighted by Gasteiger charge is 2.34. The first-order valence-electron chi connectivity index (χ1n) is 9.49. The van der Waals surface area contributed by atoms with Gasteiger partial charge in [-0.15, -0.1) is 0 Å². The lowest BCUT2D eigenvalue weighted by atomic mass is 10.2. The van der Waals surface area contributed by atoms with E-state index in [9.17, 15) is 26.4 Å². The monoisotopic (exact) mass is 550 g/mol. The normalized spacial score (nSPS) is 11.9. The molecule has 0 aliphatic heterocycles. The van der Waals surface area contributed by atoms with Crippen LogP contribution in [0.25, 0.3) is 0 Å². The maximum absolute atomic E-state index is 13.4. The van der Waals surface area contributed by atoms with Gasteiger partial charge in [0.15, 0.2) is 0 Å². The van der Waals surface area contributed by atoms with Crippen molar-refractivity contribution in [2.24, 2.45) is 0 Å². The summed E-state index contributed by atoms with van der Waals surface area (Å²) in [6, 6.07) is 12.7. The maximum Gasteiger partial charge on any atom is 0.417 e. The van der Waals surface area contributed by atoms with Crippen molar-refractivity contribution in [3.63, 3.8) is 0 Å². The third-order valence-electron chi connectivity index (χ3n) is 4.59. The molecule has 3 rings (SSSR count). The molecule has 0 aromatic heterocycles. The fraction of sp³-hybridized carbons (Fsp3) is 0.136. The molecule has 0 spiro atoms. The SMILES string of the molecule is Cc1ccc(S(=O)(=O)N(CC(=O)Nc2ccc(Cl)c(C(F)(F)F)c2)c2cc(Cl)cc(Cl)c2)cc1. The average molecular weight is 552 g/mol. The summed E-state index contributed by atoms with van der Waals surface area (Å²) in [6.07, 6.45) is -4.74. The summed E-state index contributed by atoms with van der Waals surface area (Å²) in [6.45, 7) is 1.01. The number of benzene rings is 3. The molecule has 0 fully saturated rings. The number of halogens is 6. The summed E-state index contributed by atoms with van der Waals surface area (Å²) in [4.78, 5) is 12.6. The van der Waals surface area contributed by atoms with E-state index >= 15 is 0 Å². The van der Waals surface area contributed by atoms with Gasteiger partial charge in [0, 0.05) is 15.7 Å². The van der Waals surface area contributed by atoms with Crippen molar-refractivity contribution in [1.82, 2.24) is 0 Å². The van der Waals surface area contributed by atoms with Crippen LogP contribution in [0.2, 0.25) is 15.1 Å². The smallest absolute Gasteiger partial charge is 0.324 e. The van der Waals surface area contributed by atoms with E-state index in [2.05, 4.69) is 5.32 Å². The Morgan fingerprint density at radius 3 is 2.09 bits per heavy atom. The van der Waals surface area contributed by atoms with Crippen molar-refractivity contribution < 1.29 is 26.4 Å².